The van der Waals surface area contributed by atoms with Crippen LogP contribution in [0.5, 0.6) is 0 Å². The Hall–Kier alpha value is -0.400. The van der Waals surface area contributed by atoms with Crippen LogP contribution in [-0.2, 0) is 14.3 Å². The number of carboxylic acids is 1. The Morgan fingerprint density at radius 1 is 1.58 bits per heavy atom. The summed E-state index contributed by atoms with van der Waals surface area (Å²) in [6.45, 7) is 2.10. The van der Waals surface area contributed by atoms with E-state index in [9.17, 15) is 19.8 Å². The molecule has 0 bridgehead atoms. The predicted molar refractivity (Wildman–Crippen MR) is 56.8 cm³/mol. The smallest absolute Gasteiger partial charge is 0.543 e. The fourth-order valence-corrected chi connectivity index (χ4v) is 3.26. The molecule has 98 valence electrons. The number of carbonyl (C=O) groups excluding carboxylic acids is 2. The van der Waals surface area contributed by atoms with Crippen LogP contribution in [0.3, 0.4) is 0 Å². The largest absolute Gasteiger partial charge is 1.00 e. The number of β-lactam (4-membered cyclic amide) rings is 1. The Morgan fingerprint density at radius 3 is 2.84 bits per heavy atom. The van der Waals surface area contributed by atoms with Gasteiger partial charge in [-0.3, -0.25) is 4.79 Å². The van der Waals surface area contributed by atoms with Crippen LogP contribution in [0.15, 0.2) is 11.3 Å². The first-order chi connectivity index (χ1) is 8.54. The molecule has 3 aliphatic rings. The topological polar surface area (TPSA) is 89.9 Å². The van der Waals surface area contributed by atoms with Crippen molar-refractivity contribution in [1.82, 2.24) is 4.90 Å². The Labute approximate surface area is 132 Å². The molecule has 1 N–H and O–H groups in total. The Balaban J connectivity index is 0.00000133. The summed E-state index contributed by atoms with van der Waals surface area (Å²) in [7, 11) is 0. The number of amides is 1. The molecule has 2 fully saturated rings. The van der Waals surface area contributed by atoms with Crippen LogP contribution in [-0.4, -0.2) is 46.7 Å². The number of hydrogen-bond donors (Lipinski definition) is 1. The fraction of sp³-hybridized carbons (Fsp3) is 0.667. The number of ether oxygens (including phenoxy) is 1. The maximum Gasteiger partial charge on any atom is 1.00 e. The summed E-state index contributed by atoms with van der Waals surface area (Å²) in [5, 5.41) is 20.8. The Morgan fingerprint density at radius 2 is 2.26 bits per heavy atom. The average Bonchev–Trinajstić information content (AvgIpc) is 2.60. The summed E-state index contributed by atoms with van der Waals surface area (Å²) in [5.41, 5.74) is 0.606. The molecule has 19 heavy (non-hydrogen) atoms. The summed E-state index contributed by atoms with van der Waals surface area (Å²) in [6.07, 6.45) is 0.174. The van der Waals surface area contributed by atoms with E-state index >= 15 is 0 Å². The monoisotopic (exact) mass is 275 g/mol. The molecule has 2 saturated heterocycles. The molecule has 0 radical (unpaired) electrons. The number of carbonyl (C=O) groups is 2. The molecule has 0 unspecified atom stereocenters. The van der Waals surface area contributed by atoms with Gasteiger partial charge in [0, 0.05) is 6.61 Å². The zero-order chi connectivity index (χ0) is 13.0. The molecule has 0 saturated carbocycles. The molecule has 0 aromatic carbocycles. The third kappa shape index (κ3) is 1.97. The summed E-state index contributed by atoms with van der Waals surface area (Å²) >= 11 is 0. The second kappa shape index (κ2) is 5.18. The van der Waals surface area contributed by atoms with Gasteiger partial charge in [-0.2, -0.15) is 0 Å². The van der Waals surface area contributed by atoms with E-state index in [4.69, 9.17) is 4.74 Å². The van der Waals surface area contributed by atoms with E-state index in [1.165, 1.54) is 4.90 Å². The molecule has 0 aromatic rings. The predicted octanol–water partition coefficient (Wildman–Crippen LogP) is -4.61. The van der Waals surface area contributed by atoms with Gasteiger partial charge >= 0.3 is 29.6 Å². The Kier molecular flexibility index (Phi) is 4.09. The van der Waals surface area contributed by atoms with Gasteiger partial charge in [-0.1, -0.05) is 0 Å². The van der Waals surface area contributed by atoms with E-state index in [-0.39, 0.29) is 53.3 Å². The van der Waals surface area contributed by atoms with Gasteiger partial charge in [-0.25, -0.2) is 0 Å². The van der Waals surface area contributed by atoms with Crippen LogP contribution in [0.1, 0.15) is 19.8 Å². The number of hydrogen-bond acceptors (Lipinski definition) is 5. The van der Waals surface area contributed by atoms with Crippen LogP contribution in [0, 0.1) is 5.92 Å². The molecule has 0 spiro atoms. The van der Waals surface area contributed by atoms with Crippen molar-refractivity contribution in [3.05, 3.63) is 11.3 Å². The van der Waals surface area contributed by atoms with Crippen LogP contribution in [0.4, 0.5) is 0 Å². The number of carboxylic acid groups (broad SMARTS) is 1. The first-order valence-corrected chi connectivity index (χ1v) is 6.11. The van der Waals surface area contributed by atoms with E-state index < -0.39 is 18.0 Å². The number of nitrogens with zero attached hydrogens (tertiary/aromatic N) is 1. The van der Waals surface area contributed by atoms with Crippen molar-refractivity contribution in [3.8, 4) is 0 Å². The first kappa shape index (κ1) is 15.0. The van der Waals surface area contributed by atoms with Gasteiger partial charge in [-0.15, -0.1) is 0 Å². The molecule has 3 aliphatic heterocycles. The van der Waals surface area contributed by atoms with Crippen molar-refractivity contribution in [3.63, 3.8) is 0 Å². The summed E-state index contributed by atoms with van der Waals surface area (Å²) in [6, 6.07) is -0.374. The quantitative estimate of drug-likeness (QED) is 0.404. The van der Waals surface area contributed by atoms with Gasteiger partial charge in [-0.05, 0) is 25.3 Å². The molecule has 1 amide bonds. The molecule has 3 rings (SSSR count). The third-order valence-electron chi connectivity index (χ3n) is 3.99. The molecular formula is C12H14NNaO5. The van der Waals surface area contributed by atoms with Gasteiger partial charge < -0.3 is 24.6 Å². The second-order valence-corrected chi connectivity index (χ2v) is 5.02. The molecule has 0 aliphatic carbocycles. The van der Waals surface area contributed by atoms with Crippen molar-refractivity contribution < 1.29 is 54.1 Å². The van der Waals surface area contributed by atoms with Crippen LogP contribution < -0.4 is 34.7 Å². The average molecular weight is 275 g/mol. The van der Waals surface area contributed by atoms with Crippen molar-refractivity contribution >= 4 is 11.9 Å². The van der Waals surface area contributed by atoms with Crippen LogP contribution >= 0.6 is 0 Å². The minimum absolute atomic E-state index is 0. The van der Waals surface area contributed by atoms with Crippen molar-refractivity contribution in [2.24, 2.45) is 5.92 Å². The first-order valence-electron chi connectivity index (χ1n) is 6.11. The van der Waals surface area contributed by atoms with E-state index in [1.54, 1.807) is 6.92 Å². The van der Waals surface area contributed by atoms with Crippen molar-refractivity contribution in [2.45, 2.75) is 38.0 Å². The number of rotatable bonds is 2. The van der Waals surface area contributed by atoms with E-state index in [0.29, 0.717) is 18.6 Å². The molecular weight excluding hydrogens is 261 g/mol. The maximum absolute atomic E-state index is 11.9. The van der Waals surface area contributed by atoms with E-state index in [0.717, 1.165) is 6.42 Å². The van der Waals surface area contributed by atoms with Crippen LogP contribution in [0.2, 0.25) is 0 Å². The minimum Gasteiger partial charge on any atom is -0.543 e. The molecule has 7 heteroatoms. The summed E-state index contributed by atoms with van der Waals surface area (Å²) < 4.78 is 5.59. The van der Waals surface area contributed by atoms with Gasteiger partial charge in [0.25, 0.3) is 0 Å². The molecule has 3 heterocycles. The van der Waals surface area contributed by atoms with E-state index in [2.05, 4.69) is 0 Å². The number of aliphatic hydroxyl groups excluding tert-OH is 1. The van der Waals surface area contributed by atoms with Gasteiger partial charge in [0.1, 0.15) is 6.10 Å². The summed E-state index contributed by atoms with van der Waals surface area (Å²) in [5.74, 6) is -2.25. The normalized spacial score (nSPS) is 34.1. The minimum atomic E-state index is -1.33. The standard InChI is InChI=1S/C12H15NO5.Na/c1-5(14)7-9-10-6(3-2-4-18-10)8(12(16)17)13(9)11(7)15;/h5,7,9-10,14H,2-4H2,1H3,(H,16,17);/q;+1/p-1/t5-,7-,9+,10-;/m1./s1. The Bertz CT molecular complexity index is 461. The molecule has 4 atom stereocenters. The van der Waals surface area contributed by atoms with Crippen molar-refractivity contribution in [1.29, 1.82) is 0 Å². The molecule has 6 nitrogen and oxygen atoms in total. The SMILES string of the molecule is C[C@@H](O)[C@H]1C(=O)N2C(C(=O)[O-])=C3CCCO[C@H]3[C@H]12.[Na+]. The van der Waals surface area contributed by atoms with Gasteiger partial charge in [0.2, 0.25) is 5.91 Å². The maximum atomic E-state index is 11.9. The zero-order valence-corrected chi connectivity index (χ0v) is 13.0. The summed E-state index contributed by atoms with van der Waals surface area (Å²) in [4.78, 5) is 24.3. The van der Waals surface area contributed by atoms with Crippen molar-refractivity contribution in [2.75, 3.05) is 6.61 Å². The second-order valence-electron chi connectivity index (χ2n) is 5.02. The number of aliphatic hydroxyl groups is 1. The van der Waals surface area contributed by atoms with Gasteiger partial charge in [0.05, 0.1) is 29.7 Å². The van der Waals surface area contributed by atoms with Crippen LogP contribution in [0.25, 0.3) is 0 Å². The van der Waals surface area contributed by atoms with E-state index in [1.807, 2.05) is 0 Å². The fourth-order valence-electron chi connectivity index (χ4n) is 3.26. The number of aliphatic carboxylic acids is 1. The molecule has 0 aromatic heterocycles. The zero-order valence-electron chi connectivity index (χ0n) is 11.0. The third-order valence-corrected chi connectivity index (χ3v) is 3.99. The van der Waals surface area contributed by atoms with Gasteiger partial charge in [0.15, 0.2) is 0 Å². The number of fused-ring (bicyclic) bond motifs is 3.